The van der Waals surface area contributed by atoms with E-state index in [-0.39, 0.29) is 24.2 Å². The van der Waals surface area contributed by atoms with Gasteiger partial charge < -0.3 is 9.31 Å². The molecule has 3 nitrogen and oxygen atoms in total. The SMILES string of the molecule is CC1(C)OB(CC(C#N)c2ccc3ccccc3c2)OC1(C)C. The van der Waals surface area contributed by atoms with Gasteiger partial charge >= 0.3 is 7.12 Å². The van der Waals surface area contributed by atoms with Crippen molar-refractivity contribution in [3.63, 3.8) is 0 Å². The standard InChI is InChI=1S/C19H22BNO2/c1-18(2)19(3,4)23-20(22-18)12-17(13-21)16-10-9-14-7-5-6-8-15(14)11-16/h5-11,17H,12H2,1-4H3. The summed E-state index contributed by atoms with van der Waals surface area (Å²) in [4.78, 5) is 0. The van der Waals surface area contributed by atoms with Gasteiger partial charge in [0.15, 0.2) is 0 Å². The molecule has 0 saturated carbocycles. The highest BCUT2D eigenvalue weighted by molar-refractivity contribution is 6.45. The fourth-order valence-electron chi connectivity index (χ4n) is 2.94. The smallest absolute Gasteiger partial charge is 0.403 e. The van der Waals surface area contributed by atoms with E-state index < -0.39 is 0 Å². The first kappa shape index (κ1) is 16.0. The summed E-state index contributed by atoms with van der Waals surface area (Å²) in [6, 6.07) is 16.8. The molecule has 2 aromatic carbocycles. The van der Waals surface area contributed by atoms with Crippen molar-refractivity contribution in [3.05, 3.63) is 48.0 Å². The molecule has 4 heteroatoms. The number of benzene rings is 2. The molecule has 0 bridgehead atoms. The lowest BCUT2D eigenvalue weighted by atomic mass is 9.75. The van der Waals surface area contributed by atoms with Crippen molar-refractivity contribution in [1.29, 1.82) is 5.26 Å². The van der Waals surface area contributed by atoms with Gasteiger partial charge in [-0.15, -0.1) is 0 Å². The molecule has 1 unspecified atom stereocenters. The van der Waals surface area contributed by atoms with E-state index in [9.17, 15) is 5.26 Å². The van der Waals surface area contributed by atoms with E-state index in [1.807, 2.05) is 45.9 Å². The van der Waals surface area contributed by atoms with Crippen LogP contribution in [-0.4, -0.2) is 18.3 Å². The highest BCUT2D eigenvalue weighted by Gasteiger charge is 2.51. The van der Waals surface area contributed by atoms with Crippen molar-refractivity contribution >= 4 is 17.9 Å². The minimum Gasteiger partial charge on any atom is -0.403 e. The second kappa shape index (κ2) is 5.67. The lowest BCUT2D eigenvalue weighted by Gasteiger charge is -2.32. The third-order valence-corrected chi connectivity index (χ3v) is 5.06. The van der Waals surface area contributed by atoms with Gasteiger partial charge in [-0.1, -0.05) is 36.4 Å². The summed E-state index contributed by atoms with van der Waals surface area (Å²) in [7, 11) is -0.351. The van der Waals surface area contributed by atoms with E-state index >= 15 is 0 Å². The van der Waals surface area contributed by atoms with Crippen LogP contribution in [0.1, 0.15) is 39.2 Å². The summed E-state index contributed by atoms with van der Waals surface area (Å²) in [5.74, 6) is -0.241. The maximum Gasteiger partial charge on any atom is 0.459 e. The summed E-state index contributed by atoms with van der Waals surface area (Å²) in [6.45, 7) is 8.13. The molecular weight excluding hydrogens is 285 g/mol. The number of nitriles is 1. The Morgan fingerprint density at radius 2 is 1.61 bits per heavy atom. The second-order valence-electron chi connectivity index (χ2n) is 7.21. The van der Waals surface area contributed by atoms with Crippen LogP contribution in [0.3, 0.4) is 0 Å². The Morgan fingerprint density at radius 1 is 1.00 bits per heavy atom. The number of hydrogen-bond acceptors (Lipinski definition) is 3. The predicted molar refractivity (Wildman–Crippen MR) is 93.2 cm³/mol. The van der Waals surface area contributed by atoms with Crippen molar-refractivity contribution in [3.8, 4) is 6.07 Å². The zero-order chi connectivity index (χ0) is 16.7. The van der Waals surface area contributed by atoms with Gasteiger partial charge in [0.1, 0.15) is 0 Å². The third-order valence-electron chi connectivity index (χ3n) is 5.06. The minimum absolute atomic E-state index is 0.241. The summed E-state index contributed by atoms with van der Waals surface area (Å²) < 4.78 is 12.1. The number of hydrogen-bond donors (Lipinski definition) is 0. The van der Waals surface area contributed by atoms with Gasteiger partial charge in [0, 0.05) is 6.32 Å². The molecule has 1 heterocycles. The van der Waals surface area contributed by atoms with Crippen LogP contribution >= 0.6 is 0 Å². The molecule has 0 N–H and O–H groups in total. The van der Waals surface area contributed by atoms with Crippen molar-refractivity contribution in [2.75, 3.05) is 0 Å². The monoisotopic (exact) mass is 307 g/mol. The fraction of sp³-hybridized carbons (Fsp3) is 0.421. The third kappa shape index (κ3) is 2.99. The summed E-state index contributed by atoms with van der Waals surface area (Å²) in [5, 5.41) is 11.9. The van der Waals surface area contributed by atoms with Crippen LogP contribution < -0.4 is 0 Å². The Bertz CT molecular complexity index is 747. The summed E-state index contributed by atoms with van der Waals surface area (Å²) in [6.07, 6.45) is 0.543. The van der Waals surface area contributed by atoms with Gasteiger partial charge in [-0.05, 0) is 50.1 Å². The van der Waals surface area contributed by atoms with Gasteiger partial charge in [0.2, 0.25) is 0 Å². The molecule has 1 aliphatic rings. The first-order chi connectivity index (χ1) is 10.8. The van der Waals surface area contributed by atoms with Crippen LogP contribution in [0, 0.1) is 11.3 Å². The Kier molecular flexibility index (Phi) is 3.95. The van der Waals surface area contributed by atoms with Gasteiger partial charge in [0.05, 0.1) is 23.2 Å². The van der Waals surface area contributed by atoms with Crippen LogP contribution in [0.2, 0.25) is 6.32 Å². The molecule has 118 valence electrons. The molecule has 1 aliphatic heterocycles. The minimum atomic E-state index is -0.360. The van der Waals surface area contributed by atoms with Crippen LogP contribution in [-0.2, 0) is 9.31 Å². The molecule has 23 heavy (non-hydrogen) atoms. The maximum atomic E-state index is 9.61. The van der Waals surface area contributed by atoms with Crippen LogP contribution in [0.5, 0.6) is 0 Å². The zero-order valence-electron chi connectivity index (χ0n) is 14.2. The molecule has 0 amide bonds. The zero-order valence-corrected chi connectivity index (χ0v) is 14.2. The van der Waals surface area contributed by atoms with E-state index in [0.717, 1.165) is 10.9 Å². The molecule has 2 aromatic rings. The summed E-state index contributed by atoms with van der Waals surface area (Å²) in [5.41, 5.74) is 0.295. The van der Waals surface area contributed by atoms with E-state index in [1.54, 1.807) is 0 Å². The van der Waals surface area contributed by atoms with Crippen molar-refractivity contribution < 1.29 is 9.31 Å². The number of fused-ring (bicyclic) bond motifs is 1. The predicted octanol–water partition coefficient (Wildman–Crippen LogP) is 4.54. The Balaban J connectivity index is 1.82. The quantitative estimate of drug-likeness (QED) is 0.782. The van der Waals surface area contributed by atoms with Crippen molar-refractivity contribution in [2.45, 2.75) is 51.1 Å². The number of rotatable bonds is 3. The van der Waals surface area contributed by atoms with E-state index in [4.69, 9.17) is 9.31 Å². The normalized spacial score (nSPS) is 20.4. The molecule has 0 radical (unpaired) electrons. The van der Waals surface area contributed by atoms with Crippen molar-refractivity contribution in [2.24, 2.45) is 0 Å². The Morgan fingerprint density at radius 3 is 2.22 bits per heavy atom. The molecule has 0 aromatic heterocycles. The maximum absolute atomic E-state index is 9.61. The molecule has 1 atom stereocenters. The first-order valence-electron chi connectivity index (χ1n) is 8.06. The van der Waals surface area contributed by atoms with Gasteiger partial charge in [-0.3, -0.25) is 0 Å². The molecule has 1 saturated heterocycles. The highest BCUT2D eigenvalue weighted by atomic mass is 16.7. The van der Waals surface area contributed by atoms with E-state index in [2.05, 4.69) is 30.3 Å². The molecule has 0 spiro atoms. The first-order valence-corrected chi connectivity index (χ1v) is 8.06. The molecule has 3 rings (SSSR count). The van der Waals surface area contributed by atoms with Crippen LogP contribution in [0.25, 0.3) is 10.8 Å². The topological polar surface area (TPSA) is 42.2 Å². The largest absolute Gasteiger partial charge is 0.459 e. The Hall–Kier alpha value is -1.83. The second-order valence-corrected chi connectivity index (χ2v) is 7.21. The van der Waals surface area contributed by atoms with Crippen LogP contribution in [0.4, 0.5) is 0 Å². The highest BCUT2D eigenvalue weighted by Crippen LogP contribution is 2.39. The lowest BCUT2D eigenvalue weighted by molar-refractivity contribution is 0.00578. The van der Waals surface area contributed by atoms with E-state index in [1.165, 1.54) is 5.39 Å². The Labute approximate surface area is 138 Å². The summed E-state index contributed by atoms with van der Waals surface area (Å²) >= 11 is 0. The van der Waals surface area contributed by atoms with E-state index in [0.29, 0.717) is 6.32 Å². The van der Waals surface area contributed by atoms with Gasteiger partial charge in [-0.25, -0.2) is 0 Å². The van der Waals surface area contributed by atoms with Crippen molar-refractivity contribution in [1.82, 2.24) is 0 Å². The van der Waals surface area contributed by atoms with Gasteiger partial charge in [0.25, 0.3) is 0 Å². The average Bonchev–Trinajstić information content (AvgIpc) is 2.71. The van der Waals surface area contributed by atoms with Gasteiger partial charge in [-0.2, -0.15) is 5.26 Å². The molecular formula is C19H22BNO2. The van der Waals surface area contributed by atoms with Crippen LogP contribution in [0.15, 0.2) is 42.5 Å². The fourth-order valence-corrected chi connectivity index (χ4v) is 2.94. The number of nitrogens with zero attached hydrogens (tertiary/aromatic N) is 1. The lowest BCUT2D eigenvalue weighted by Crippen LogP contribution is -2.41. The average molecular weight is 307 g/mol. The molecule has 1 fully saturated rings. The molecule has 0 aliphatic carbocycles.